The number of nitrogen functional groups attached to an aromatic ring is 1. The number of halogens is 2. The molecule has 0 radical (unpaired) electrons. The number of rotatable bonds is 2. The van der Waals surface area contributed by atoms with Crippen molar-refractivity contribution in [3.8, 4) is 0 Å². The molecule has 6 heteroatoms. The van der Waals surface area contributed by atoms with E-state index < -0.39 is 17.7 Å². The molecule has 2 rings (SSSR count). The number of aliphatic hydroxyl groups is 1. The van der Waals surface area contributed by atoms with Crippen molar-refractivity contribution in [3.63, 3.8) is 0 Å². The summed E-state index contributed by atoms with van der Waals surface area (Å²) in [5.41, 5.74) is 5.68. The Morgan fingerprint density at radius 1 is 1.31 bits per heavy atom. The molecule has 84 valence electrons. The Balaban J connectivity index is 2.33. The molecule has 0 aliphatic rings. The van der Waals surface area contributed by atoms with Crippen LogP contribution in [0.1, 0.15) is 16.5 Å². The van der Waals surface area contributed by atoms with E-state index in [0.717, 1.165) is 23.5 Å². The van der Waals surface area contributed by atoms with Gasteiger partial charge in [-0.05, 0) is 17.7 Å². The fraction of sp³-hybridized carbons (Fsp3) is 0.100. The summed E-state index contributed by atoms with van der Waals surface area (Å²) in [4.78, 5) is 4.26. The van der Waals surface area contributed by atoms with Crippen LogP contribution in [0.3, 0.4) is 0 Å². The molecule has 0 spiro atoms. The van der Waals surface area contributed by atoms with E-state index in [9.17, 15) is 13.9 Å². The molecule has 0 saturated carbocycles. The summed E-state index contributed by atoms with van der Waals surface area (Å²) >= 11 is 1.10. The second kappa shape index (κ2) is 4.15. The van der Waals surface area contributed by atoms with E-state index in [1.54, 1.807) is 0 Å². The second-order valence-electron chi connectivity index (χ2n) is 3.18. The molecular formula is C10H8F2N2OS. The van der Waals surface area contributed by atoms with Crippen molar-refractivity contribution in [1.82, 2.24) is 4.98 Å². The highest BCUT2D eigenvalue weighted by molar-refractivity contribution is 7.15. The molecular weight excluding hydrogens is 234 g/mol. The molecule has 0 amide bonds. The molecule has 1 aromatic heterocycles. The standard InChI is InChI=1S/C10H8F2N2OS/c11-6-2-1-5(3-7(6)12)9(15)8-4-14-10(13)16-8/h1-4,9,15H,(H2,13,14). The SMILES string of the molecule is Nc1ncc(C(O)c2ccc(F)c(F)c2)s1. The minimum Gasteiger partial charge on any atom is -0.383 e. The molecule has 1 unspecified atom stereocenters. The molecule has 1 aromatic carbocycles. The van der Waals surface area contributed by atoms with Gasteiger partial charge in [0.2, 0.25) is 0 Å². The van der Waals surface area contributed by atoms with Crippen LogP contribution < -0.4 is 5.73 Å². The third-order valence-electron chi connectivity index (χ3n) is 2.07. The number of nitrogens with zero attached hydrogens (tertiary/aromatic N) is 1. The van der Waals surface area contributed by atoms with E-state index in [2.05, 4.69) is 4.98 Å². The fourth-order valence-electron chi connectivity index (χ4n) is 1.27. The first-order valence-electron chi connectivity index (χ1n) is 4.42. The Morgan fingerprint density at radius 3 is 2.62 bits per heavy atom. The molecule has 3 nitrogen and oxygen atoms in total. The average molecular weight is 242 g/mol. The predicted molar refractivity (Wildman–Crippen MR) is 56.9 cm³/mol. The van der Waals surface area contributed by atoms with E-state index in [4.69, 9.17) is 5.73 Å². The summed E-state index contributed by atoms with van der Waals surface area (Å²) in [6.45, 7) is 0. The van der Waals surface area contributed by atoms with Crippen LogP contribution in [0, 0.1) is 11.6 Å². The average Bonchev–Trinajstić information content (AvgIpc) is 2.68. The van der Waals surface area contributed by atoms with Gasteiger partial charge >= 0.3 is 0 Å². The summed E-state index contributed by atoms with van der Waals surface area (Å²) in [6, 6.07) is 3.24. The zero-order valence-corrected chi connectivity index (χ0v) is 8.84. The Morgan fingerprint density at radius 2 is 2.06 bits per heavy atom. The maximum Gasteiger partial charge on any atom is 0.180 e. The molecule has 1 atom stereocenters. The van der Waals surface area contributed by atoms with Gasteiger partial charge in [0.05, 0.1) is 4.88 Å². The normalized spacial score (nSPS) is 12.7. The third kappa shape index (κ3) is 2.02. The first-order chi connectivity index (χ1) is 7.58. The van der Waals surface area contributed by atoms with Crippen molar-refractivity contribution in [1.29, 1.82) is 0 Å². The van der Waals surface area contributed by atoms with Gasteiger partial charge in [0.1, 0.15) is 6.10 Å². The maximum atomic E-state index is 12.9. The largest absolute Gasteiger partial charge is 0.383 e. The number of hydrogen-bond acceptors (Lipinski definition) is 4. The van der Waals surface area contributed by atoms with Gasteiger partial charge in [-0.15, -0.1) is 0 Å². The smallest absolute Gasteiger partial charge is 0.180 e. The first-order valence-corrected chi connectivity index (χ1v) is 5.24. The molecule has 0 saturated heterocycles. The number of aliphatic hydroxyl groups excluding tert-OH is 1. The number of benzene rings is 1. The molecule has 16 heavy (non-hydrogen) atoms. The quantitative estimate of drug-likeness (QED) is 0.847. The van der Waals surface area contributed by atoms with E-state index in [-0.39, 0.29) is 5.56 Å². The van der Waals surface area contributed by atoms with Crippen molar-refractivity contribution in [2.45, 2.75) is 6.10 Å². The van der Waals surface area contributed by atoms with Crippen LogP contribution in [-0.2, 0) is 0 Å². The number of hydrogen-bond donors (Lipinski definition) is 2. The van der Waals surface area contributed by atoms with Crippen molar-refractivity contribution in [2.75, 3.05) is 5.73 Å². The summed E-state index contributed by atoms with van der Waals surface area (Å²) in [6.07, 6.45) is 0.372. The lowest BCUT2D eigenvalue weighted by Crippen LogP contribution is -1.98. The molecule has 0 fully saturated rings. The van der Waals surface area contributed by atoms with Gasteiger partial charge in [-0.2, -0.15) is 0 Å². The summed E-state index contributed by atoms with van der Waals surface area (Å²) in [5, 5.41) is 10.2. The summed E-state index contributed by atoms with van der Waals surface area (Å²) < 4.78 is 25.6. The van der Waals surface area contributed by atoms with Crippen LogP contribution in [0.15, 0.2) is 24.4 Å². The molecule has 1 heterocycles. The zero-order chi connectivity index (χ0) is 11.7. The van der Waals surface area contributed by atoms with Crippen LogP contribution in [0.4, 0.5) is 13.9 Å². The molecule has 0 aliphatic heterocycles. The van der Waals surface area contributed by atoms with Crippen LogP contribution in [-0.4, -0.2) is 10.1 Å². The van der Waals surface area contributed by atoms with Crippen molar-refractivity contribution in [2.24, 2.45) is 0 Å². The van der Waals surface area contributed by atoms with Crippen LogP contribution in [0.2, 0.25) is 0 Å². The van der Waals surface area contributed by atoms with E-state index >= 15 is 0 Å². The highest BCUT2D eigenvalue weighted by Crippen LogP contribution is 2.28. The molecule has 3 N–H and O–H groups in total. The lowest BCUT2D eigenvalue weighted by atomic mass is 10.1. The monoisotopic (exact) mass is 242 g/mol. The Hall–Kier alpha value is -1.53. The Bertz CT molecular complexity index is 515. The molecule has 0 bridgehead atoms. The fourth-order valence-corrected chi connectivity index (χ4v) is 1.97. The van der Waals surface area contributed by atoms with Crippen molar-refractivity contribution in [3.05, 3.63) is 46.5 Å². The van der Waals surface area contributed by atoms with Crippen molar-refractivity contribution >= 4 is 16.5 Å². The maximum absolute atomic E-state index is 12.9. The van der Waals surface area contributed by atoms with Gasteiger partial charge in [-0.25, -0.2) is 13.8 Å². The van der Waals surface area contributed by atoms with Crippen molar-refractivity contribution < 1.29 is 13.9 Å². The topological polar surface area (TPSA) is 59.1 Å². The van der Waals surface area contributed by atoms with Gasteiger partial charge in [0, 0.05) is 6.20 Å². The number of nitrogens with two attached hydrogens (primary N) is 1. The van der Waals surface area contributed by atoms with Crippen LogP contribution in [0.25, 0.3) is 0 Å². The third-order valence-corrected chi connectivity index (χ3v) is 2.95. The summed E-state index contributed by atoms with van der Waals surface area (Å²) in [7, 11) is 0. The Labute approximate surface area is 94.2 Å². The highest BCUT2D eigenvalue weighted by Gasteiger charge is 2.15. The van der Waals surface area contributed by atoms with E-state index in [1.165, 1.54) is 12.3 Å². The van der Waals surface area contributed by atoms with E-state index in [0.29, 0.717) is 10.0 Å². The lowest BCUT2D eigenvalue weighted by molar-refractivity contribution is 0.223. The van der Waals surface area contributed by atoms with Crippen LogP contribution >= 0.6 is 11.3 Å². The zero-order valence-electron chi connectivity index (χ0n) is 8.02. The Kier molecular flexibility index (Phi) is 2.84. The molecule has 0 aliphatic carbocycles. The number of anilines is 1. The summed E-state index contributed by atoms with van der Waals surface area (Å²) in [5.74, 6) is -1.94. The molecule has 2 aromatic rings. The van der Waals surface area contributed by atoms with Gasteiger partial charge in [-0.1, -0.05) is 17.4 Å². The van der Waals surface area contributed by atoms with Gasteiger partial charge < -0.3 is 10.8 Å². The highest BCUT2D eigenvalue weighted by atomic mass is 32.1. The van der Waals surface area contributed by atoms with Crippen LogP contribution in [0.5, 0.6) is 0 Å². The minimum absolute atomic E-state index is 0.266. The second-order valence-corrected chi connectivity index (χ2v) is 4.27. The minimum atomic E-state index is -1.04. The first kappa shape index (κ1) is 11.0. The number of aromatic nitrogens is 1. The van der Waals surface area contributed by atoms with Gasteiger partial charge in [0.15, 0.2) is 16.8 Å². The van der Waals surface area contributed by atoms with E-state index in [1.807, 2.05) is 0 Å². The number of thiazole rings is 1. The van der Waals surface area contributed by atoms with Gasteiger partial charge in [-0.3, -0.25) is 0 Å². The predicted octanol–water partition coefficient (Wildman–Crippen LogP) is 2.09. The van der Waals surface area contributed by atoms with Gasteiger partial charge in [0.25, 0.3) is 0 Å². The lowest BCUT2D eigenvalue weighted by Gasteiger charge is -2.08.